The molecule has 2 aliphatic rings. The van der Waals surface area contributed by atoms with Crippen molar-refractivity contribution in [2.75, 3.05) is 13.2 Å². The summed E-state index contributed by atoms with van der Waals surface area (Å²) in [6, 6.07) is 0. The third-order valence-electron chi connectivity index (χ3n) is 3.33. The van der Waals surface area contributed by atoms with Gasteiger partial charge in [0.25, 0.3) is 0 Å². The molecule has 12 heavy (non-hydrogen) atoms. The highest BCUT2D eigenvalue weighted by Crippen LogP contribution is 2.33. The van der Waals surface area contributed by atoms with Crippen molar-refractivity contribution in [1.29, 1.82) is 0 Å². The lowest BCUT2D eigenvalue weighted by molar-refractivity contribution is 0.0453. The van der Waals surface area contributed by atoms with Crippen LogP contribution in [0.15, 0.2) is 0 Å². The summed E-state index contributed by atoms with van der Waals surface area (Å²) in [5.41, 5.74) is 0. The van der Waals surface area contributed by atoms with E-state index in [4.69, 9.17) is 4.74 Å². The van der Waals surface area contributed by atoms with Crippen LogP contribution in [-0.4, -0.2) is 24.4 Å². The number of ether oxygens (including phenoxy) is 1. The zero-order valence-corrected chi connectivity index (χ0v) is 7.54. The van der Waals surface area contributed by atoms with Gasteiger partial charge in [0.05, 0.1) is 12.7 Å². The van der Waals surface area contributed by atoms with Gasteiger partial charge in [0.15, 0.2) is 0 Å². The van der Waals surface area contributed by atoms with Crippen LogP contribution in [0.3, 0.4) is 0 Å². The molecule has 0 aromatic heterocycles. The lowest BCUT2D eigenvalue weighted by atomic mass is 9.89. The van der Waals surface area contributed by atoms with Gasteiger partial charge < -0.3 is 9.84 Å². The Labute approximate surface area is 73.9 Å². The maximum atomic E-state index is 9.97. The lowest BCUT2D eigenvalue weighted by Gasteiger charge is -2.22. The summed E-state index contributed by atoms with van der Waals surface area (Å²) in [6.07, 6.45) is 6.09. The van der Waals surface area contributed by atoms with Crippen molar-refractivity contribution in [2.45, 2.75) is 38.2 Å². The first-order valence-corrected chi connectivity index (χ1v) is 5.14. The van der Waals surface area contributed by atoms with Crippen molar-refractivity contribution < 1.29 is 9.84 Å². The second kappa shape index (κ2) is 3.75. The average molecular weight is 170 g/mol. The summed E-state index contributed by atoms with van der Waals surface area (Å²) in [5, 5.41) is 9.97. The first kappa shape index (κ1) is 8.52. The minimum atomic E-state index is -0.0741. The molecule has 2 heteroatoms. The molecule has 0 radical (unpaired) electrons. The van der Waals surface area contributed by atoms with Crippen molar-refractivity contribution >= 4 is 0 Å². The topological polar surface area (TPSA) is 29.5 Å². The van der Waals surface area contributed by atoms with E-state index in [1.54, 1.807) is 0 Å². The smallest absolute Gasteiger partial charge is 0.0619 e. The van der Waals surface area contributed by atoms with E-state index in [0.29, 0.717) is 11.8 Å². The Morgan fingerprint density at radius 2 is 1.83 bits per heavy atom. The summed E-state index contributed by atoms with van der Waals surface area (Å²) in [7, 11) is 0. The monoisotopic (exact) mass is 170 g/mol. The number of hydrogen-bond donors (Lipinski definition) is 1. The molecule has 0 aromatic carbocycles. The third-order valence-corrected chi connectivity index (χ3v) is 3.33. The summed E-state index contributed by atoms with van der Waals surface area (Å²) in [6.45, 7) is 1.64. The molecule has 1 heterocycles. The van der Waals surface area contributed by atoms with Gasteiger partial charge in [0.2, 0.25) is 0 Å². The third kappa shape index (κ3) is 1.64. The Morgan fingerprint density at radius 1 is 1.08 bits per heavy atom. The fourth-order valence-electron chi connectivity index (χ4n) is 2.51. The summed E-state index contributed by atoms with van der Waals surface area (Å²) in [5.74, 6) is 1.02. The Balaban J connectivity index is 1.84. The van der Waals surface area contributed by atoms with E-state index in [9.17, 15) is 5.11 Å². The van der Waals surface area contributed by atoms with E-state index >= 15 is 0 Å². The van der Waals surface area contributed by atoms with Gasteiger partial charge in [0.1, 0.15) is 0 Å². The number of aliphatic hydroxyl groups excluding tert-OH is 1. The molecule has 1 aliphatic heterocycles. The van der Waals surface area contributed by atoms with Crippen LogP contribution in [0.25, 0.3) is 0 Å². The van der Waals surface area contributed by atoms with Crippen LogP contribution >= 0.6 is 0 Å². The zero-order valence-electron chi connectivity index (χ0n) is 7.54. The lowest BCUT2D eigenvalue weighted by Crippen LogP contribution is -2.27. The van der Waals surface area contributed by atoms with E-state index in [-0.39, 0.29) is 6.10 Å². The molecule has 1 aliphatic carbocycles. The zero-order chi connectivity index (χ0) is 8.39. The van der Waals surface area contributed by atoms with Crippen LogP contribution < -0.4 is 0 Å². The molecule has 1 saturated heterocycles. The van der Waals surface area contributed by atoms with Crippen molar-refractivity contribution in [1.82, 2.24) is 0 Å². The molecule has 0 aromatic rings. The summed E-state index contributed by atoms with van der Waals surface area (Å²) < 4.78 is 5.28. The normalized spacial score (nSPS) is 34.2. The van der Waals surface area contributed by atoms with Gasteiger partial charge in [-0.2, -0.15) is 0 Å². The van der Waals surface area contributed by atoms with Gasteiger partial charge in [-0.05, 0) is 25.2 Å². The van der Waals surface area contributed by atoms with Gasteiger partial charge in [-0.3, -0.25) is 0 Å². The van der Waals surface area contributed by atoms with Crippen molar-refractivity contribution in [2.24, 2.45) is 11.8 Å². The molecule has 1 N–H and O–H groups in total. The molecule has 0 spiro atoms. The SMILES string of the molecule is OC(C1CCCC1)C1CCOC1. The highest BCUT2D eigenvalue weighted by atomic mass is 16.5. The standard InChI is InChI=1S/C10H18O2/c11-10(8-3-1-2-4-8)9-5-6-12-7-9/h8-11H,1-7H2. The molecule has 70 valence electrons. The van der Waals surface area contributed by atoms with Crippen LogP contribution in [0, 0.1) is 11.8 Å². The molecular weight excluding hydrogens is 152 g/mol. The van der Waals surface area contributed by atoms with Gasteiger partial charge in [-0.15, -0.1) is 0 Å². The molecule has 1 saturated carbocycles. The van der Waals surface area contributed by atoms with Gasteiger partial charge in [0, 0.05) is 12.5 Å². The second-order valence-corrected chi connectivity index (χ2v) is 4.16. The van der Waals surface area contributed by atoms with Crippen LogP contribution in [0.2, 0.25) is 0 Å². The van der Waals surface area contributed by atoms with Crippen LogP contribution in [-0.2, 0) is 4.74 Å². The van der Waals surface area contributed by atoms with E-state index in [1.807, 2.05) is 0 Å². The molecular formula is C10H18O2. The Bertz CT molecular complexity index is 119. The van der Waals surface area contributed by atoms with Crippen molar-refractivity contribution in [3.05, 3.63) is 0 Å². The first-order valence-electron chi connectivity index (χ1n) is 5.14. The maximum Gasteiger partial charge on any atom is 0.0619 e. The Kier molecular flexibility index (Phi) is 2.66. The quantitative estimate of drug-likeness (QED) is 0.681. The van der Waals surface area contributed by atoms with Gasteiger partial charge in [-0.1, -0.05) is 12.8 Å². The van der Waals surface area contributed by atoms with Crippen LogP contribution in [0.4, 0.5) is 0 Å². The van der Waals surface area contributed by atoms with Gasteiger partial charge in [-0.25, -0.2) is 0 Å². The fourth-order valence-corrected chi connectivity index (χ4v) is 2.51. The average Bonchev–Trinajstić information content (AvgIpc) is 2.77. The van der Waals surface area contributed by atoms with Crippen molar-refractivity contribution in [3.63, 3.8) is 0 Å². The Morgan fingerprint density at radius 3 is 2.42 bits per heavy atom. The van der Waals surface area contributed by atoms with E-state index in [2.05, 4.69) is 0 Å². The number of aliphatic hydroxyl groups is 1. The highest BCUT2D eigenvalue weighted by molar-refractivity contribution is 4.81. The molecule has 2 fully saturated rings. The van der Waals surface area contributed by atoms with Crippen LogP contribution in [0.1, 0.15) is 32.1 Å². The van der Waals surface area contributed by atoms with Gasteiger partial charge >= 0.3 is 0 Å². The molecule has 0 bridgehead atoms. The molecule has 2 nitrogen and oxygen atoms in total. The van der Waals surface area contributed by atoms with E-state index in [1.165, 1.54) is 25.7 Å². The highest BCUT2D eigenvalue weighted by Gasteiger charge is 2.31. The van der Waals surface area contributed by atoms with Crippen LogP contribution in [0.5, 0.6) is 0 Å². The minimum Gasteiger partial charge on any atom is -0.392 e. The summed E-state index contributed by atoms with van der Waals surface area (Å²) in [4.78, 5) is 0. The minimum absolute atomic E-state index is 0.0741. The fraction of sp³-hybridized carbons (Fsp3) is 1.00. The molecule has 0 amide bonds. The summed E-state index contributed by atoms with van der Waals surface area (Å²) >= 11 is 0. The predicted molar refractivity (Wildman–Crippen MR) is 46.9 cm³/mol. The number of rotatable bonds is 2. The largest absolute Gasteiger partial charge is 0.392 e. The first-order chi connectivity index (χ1) is 5.88. The number of hydrogen-bond acceptors (Lipinski definition) is 2. The van der Waals surface area contributed by atoms with Crippen molar-refractivity contribution in [3.8, 4) is 0 Å². The second-order valence-electron chi connectivity index (χ2n) is 4.16. The predicted octanol–water partition coefficient (Wildman–Crippen LogP) is 1.57. The molecule has 2 atom stereocenters. The maximum absolute atomic E-state index is 9.97. The Hall–Kier alpha value is -0.0800. The molecule has 2 unspecified atom stereocenters. The van der Waals surface area contributed by atoms with E-state index < -0.39 is 0 Å². The molecule has 2 rings (SSSR count). The van der Waals surface area contributed by atoms with E-state index in [0.717, 1.165) is 19.6 Å².